The van der Waals surface area contributed by atoms with Crippen LogP contribution in [0.1, 0.15) is 86.0 Å². The minimum absolute atomic E-state index is 0.0103. The normalized spacial score (nSPS) is 51.8. The molecule has 14 heteroatoms. The van der Waals surface area contributed by atoms with Gasteiger partial charge in [0, 0.05) is 26.6 Å². The maximum absolute atomic E-state index is 12.7. The van der Waals surface area contributed by atoms with Gasteiger partial charge < -0.3 is 69.3 Å². The van der Waals surface area contributed by atoms with Gasteiger partial charge in [0.2, 0.25) is 0 Å². The van der Waals surface area contributed by atoms with E-state index < -0.39 is 97.2 Å². The monoisotopic (exact) mass is 774 g/mol. The van der Waals surface area contributed by atoms with Crippen LogP contribution in [0.25, 0.3) is 0 Å². The molecule has 2 saturated heterocycles. The Bertz CT molecular complexity index is 1240. The summed E-state index contributed by atoms with van der Waals surface area (Å²) < 4.78 is 34.9. The maximum atomic E-state index is 12.7. The van der Waals surface area contributed by atoms with Gasteiger partial charge in [-0.2, -0.15) is 0 Å². The topological polar surface area (TPSA) is 217 Å². The fraction of sp³-hybridized carbons (Fsp3) is 1.00. The lowest BCUT2D eigenvalue weighted by Crippen LogP contribution is -2.68. The molecule has 6 rings (SSSR count). The van der Waals surface area contributed by atoms with Gasteiger partial charge in [0.1, 0.15) is 36.6 Å². The van der Waals surface area contributed by atoms with Crippen LogP contribution in [0.5, 0.6) is 0 Å². The largest absolute Gasteiger partial charge is 0.394 e. The Morgan fingerprint density at radius 3 is 2.17 bits per heavy atom. The van der Waals surface area contributed by atoms with Crippen LogP contribution in [-0.2, 0) is 28.4 Å². The van der Waals surface area contributed by atoms with Crippen LogP contribution in [0.3, 0.4) is 0 Å². The minimum atomic E-state index is -1.34. The van der Waals surface area contributed by atoms with Crippen LogP contribution in [-0.4, -0.2) is 154 Å². The fourth-order valence-electron chi connectivity index (χ4n) is 12.6. The molecule has 4 aliphatic carbocycles. The molecule has 4 saturated carbocycles. The SMILES string of the molecule is CO[C@@H]1[C@@H](O[C@@H]2[C@@H](OC[C@H](CC[C@@H](C)[C@@H]3[C@H](O)[C@@H](O)[C@H]4[C@]3(C)CC[C@@H]3[C@]5(C)CC[C@@H](O)C[C@H]5[C@H](O)C[C@]34O)C(C)C)O[C@H](CO)[C@H]2O)OC[C@H](OC)[C@H]1O. The summed E-state index contributed by atoms with van der Waals surface area (Å²) in [5.41, 5.74) is -2.26. The quantitative estimate of drug-likeness (QED) is 0.131. The average Bonchev–Trinajstić information content (AvgIpc) is 3.53. The van der Waals surface area contributed by atoms with Crippen LogP contribution >= 0.6 is 0 Å². The highest BCUT2D eigenvalue weighted by molar-refractivity contribution is 5.21. The van der Waals surface area contributed by atoms with Crippen molar-refractivity contribution in [2.45, 2.75) is 165 Å². The summed E-state index contributed by atoms with van der Waals surface area (Å²) in [6.45, 7) is 10.4. The van der Waals surface area contributed by atoms with Gasteiger partial charge in [0.25, 0.3) is 0 Å². The average molecular weight is 775 g/mol. The number of methoxy groups -OCH3 is 2. The molecule has 0 aromatic rings. The second-order valence-corrected chi connectivity index (χ2v) is 18.8. The van der Waals surface area contributed by atoms with Gasteiger partial charge in [0.05, 0.1) is 49.8 Å². The van der Waals surface area contributed by atoms with Crippen molar-refractivity contribution in [1.29, 1.82) is 0 Å². The number of hydrogen-bond donors (Lipinski definition) is 8. The lowest BCUT2D eigenvalue weighted by molar-refractivity contribution is -0.310. The molecule has 6 fully saturated rings. The summed E-state index contributed by atoms with van der Waals surface area (Å²) in [7, 11) is 2.89. The zero-order valence-electron chi connectivity index (χ0n) is 33.3. The molecular formula is C40H70O14. The van der Waals surface area contributed by atoms with Gasteiger partial charge in [-0.15, -0.1) is 0 Å². The van der Waals surface area contributed by atoms with E-state index in [9.17, 15) is 40.9 Å². The van der Waals surface area contributed by atoms with E-state index in [2.05, 4.69) is 34.6 Å². The van der Waals surface area contributed by atoms with Crippen molar-refractivity contribution in [1.82, 2.24) is 0 Å². The van der Waals surface area contributed by atoms with Crippen LogP contribution in [0.15, 0.2) is 0 Å². The van der Waals surface area contributed by atoms with Crippen molar-refractivity contribution in [3.8, 4) is 0 Å². The molecule has 14 nitrogen and oxygen atoms in total. The minimum Gasteiger partial charge on any atom is -0.394 e. The lowest BCUT2D eigenvalue weighted by atomic mass is 9.42. The molecular weight excluding hydrogens is 704 g/mol. The second-order valence-electron chi connectivity index (χ2n) is 18.8. The zero-order chi connectivity index (χ0) is 39.5. The van der Waals surface area contributed by atoms with Crippen LogP contribution < -0.4 is 0 Å². The van der Waals surface area contributed by atoms with E-state index in [1.807, 2.05) is 0 Å². The molecule has 314 valence electrons. The Kier molecular flexibility index (Phi) is 13.2. The standard InChI is InChI=1S/C40H70O14/c1-19(2)21(17-51-37-34(29(44)25(16-41)53-37)54-36-33(50-7)30(45)26(49-6)18-52-36)9-8-20(3)28-31(46)32(47)35-39(28,5)13-11-27-38(4)12-10-22(42)14-23(38)24(43)15-40(27,35)48/h19-37,41-48H,8-18H2,1-7H3/t20-,21+,22-,23+,24-,25-,26+,27-,28-,29-,30-,31+,32-,33+,34+,35+,36-,37+,38-,39-,40+/m1/s1. The molecule has 0 amide bonds. The van der Waals surface area contributed by atoms with E-state index in [0.717, 1.165) is 25.7 Å². The third kappa shape index (κ3) is 7.35. The number of aliphatic hydroxyl groups is 8. The van der Waals surface area contributed by atoms with Crippen LogP contribution in [0, 0.1) is 52.3 Å². The first-order valence-corrected chi connectivity index (χ1v) is 20.5. The number of fused-ring (bicyclic) bond motifs is 5. The molecule has 2 heterocycles. The third-order valence-electron chi connectivity index (χ3n) is 15.6. The Morgan fingerprint density at radius 2 is 1.52 bits per heavy atom. The van der Waals surface area contributed by atoms with E-state index in [-0.39, 0.29) is 60.6 Å². The van der Waals surface area contributed by atoms with Gasteiger partial charge >= 0.3 is 0 Å². The summed E-state index contributed by atoms with van der Waals surface area (Å²) in [6, 6.07) is 0. The first-order chi connectivity index (χ1) is 25.5. The number of ether oxygens (including phenoxy) is 6. The van der Waals surface area contributed by atoms with Gasteiger partial charge in [-0.3, -0.25) is 0 Å². The van der Waals surface area contributed by atoms with E-state index >= 15 is 0 Å². The molecule has 54 heavy (non-hydrogen) atoms. The molecule has 2 aliphatic heterocycles. The summed E-state index contributed by atoms with van der Waals surface area (Å²) in [6.07, 6.45) is -6.32. The first kappa shape index (κ1) is 43.0. The van der Waals surface area contributed by atoms with Crippen molar-refractivity contribution >= 4 is 0 Å². The lowest BCUT2D eigenvalue weighted by Gasteiger charge is -2.65. The zero-order valence-corrected chi connectivity index (χ0v) is 33.3. The van der Waals surface area contributed by atoms with E-state index in [1.165, 1.54) is 14.2 Å². The molecule has 0 radical (unpaired) electrons. The van der Waals surface area contributed by atoms with Crippen molar-refractivity contribution in [3.63, 3.8) is 0 Å². The number of rotatable bonds is 13. The summed E-state index contributed by atoms with van der Waals surface area (Å²) in [5.74, 6) is -0.897. The molecule has 8 N–H and O–H groups in total. The first-order valence-electron chi connectivity index (χ1n) is 20.5. The highest BCUT2D eigenvalue weighted by Crippen LogP contribution is 2.70. The highest BCUT2D eigenvalue weighted by atomic mass is 16.8. The summed E-state index contributed by atoms with van der Waals surface area (Å²) >= 11 is 0. The predicted molar refractivity (Wildman–Crippen MR) is 193 cm³/mol. The Hall–Kier alpha value is -0.560. The summed E-state index contributed by atoms with van der Waals surface area (Å²) in [5, 5.41) is 89.8. The van der Waals surface area contributed by atoms with Gasteiger partial charge in [0.15, 0.2) is 12.6 Å². The number of hydrogen-bond acceptors (Lipinski definition) is 14. The second kappa shape index (κ2) is 16.6. The predicted octanol–water partition coefficient (Wildman–Crippen LogP) is 0.949. The molecule has 0 aromatic carbocycles. The van der Waals surface area contributed by atoms with E-state index in [0.29, 0.717) is 19.3 Å². The summed E-state index contributed by atoms with van der Waals surface area (Å²) in [4.78, 5) is 0. The van der Waals surface area contributed by atoms with Crippen molar-refractivity contribution in [2.24, 2.45) is 52.3 Å². The highest BCUT2D eigenvalue weighted by Gasteiger charge is 2.72. The van der Waals surface area contributed by atoms with Gasteiger partial charge in [-0.1, -0.05) is 34.6 Å². The Labute approximate surface area is 320 Å². The number of aliphatic hydroxyl groups excluding tert-OH is 7. The maximum Gasteiger partial charge on any atom is 0.187 e. The fourth-order valence-corrected chi connectivity index (χ4v) is 12.6. The molecule has 6 aliphatic rings. The smallest absolute Gasteiger partial charge is 0.187 e. The van der Waals surface area contributed by atoms with Gasteiger partial charge in [-0.25, -0.2) is 0 Å². The Morgan fingerprint density at radius 1 is 0.815 bits per heavy atom. The van der Waals surface area contributed by atoms with E-state index in [4.69, 9.17) is 28.4 Å². The molecule has 0 spiro atoms. The van der Waals surface area contributed by atoms with Gasteiger partial charge in [-0.05, 0) is 91.3 Å². The van der Waals surface area contributed by atoms with Crippen LogP contribution in [0.4, 0.5) is 0 Å². The molecule has 0 bridgehead atoms. The molecule has 0 unspecified atom stereocenters. The molecule has 21 atom stereocenters. The van der Waals surface area contributed by atoms with Crippen molar-refractivity contribution in [3.05, 3.63) is 0 Å². The third-order valence-corrected chi connectivity index (χ3v) is 15.6. The van der Waals surface area contributed by atoms with Crippen molar-refractivity contribution < 1.29 is 69.3 Å². The van der Waals surface area contributed by atoms with E-state index in [1.54, 1.807) is 0 Å². The van der Waals surface area contributed by atoms with Crippen molar-refractivity contribution in [2.75, 3.05) is 34.0 Å². The Balaban J connectivity index is 1.11. The molecule has 0 aromatic heterocycles. The van der Waals surface area contributed by atoms with Crippen LogP contribution in [0.2, 0.25) is 0 Å².